The molecule has 5 heteroatoms. The zero-order chi connectivity index (χ0) is 16.1. The van der Waals surface area contributed by atoms with Crippen molar-refractivity contribution in [3.8, 4) is 0 Å². The molecule has 0 fully saturated rings. The van der Waals surface area contributed by atoms with Crippen LogP contribution in [0.15, 0.2) is 54.6 Å². The van der Waals surface area contributed by atoms with Crippen LogP contribution < -0.4 is 5.32 Å². The van der Waals surface area contributed by atoms with Crippen molar-refractivity contribution in [1.82, 2.24) is 20.4 Å². The first-order valence-corrected chi connectivity index (χ1v) is 7.68. The number of likely N-dealkylation sites (N-methyl/N-ethyl adjacent to an activating group) is 1. The quantitative estimate of drug-likeness (QED) is 0.735. The van der Waals surface area contributed by atoms with E-state index in [1.807, 2.05) is 49.5 Å². The van der Waals surface area contributed by atoms with E-state index in [1.54, 1.807) is 0 Å². The number of hydrogen-bond acceptors (Lipinski definition) is 3. The Kier molecular flexibility index (Phi) is 4.68. The van der Waals surface area contributed by atoms with Crippen molar-refractivity contribution in [1.29, 1.82) is 0 Å². The number of carbonyl (C=O) groups excluding carboxylic acids is 1. The Bertz CT molecular complexity index is 782. The molecule has 3 aromatic rings. The third-order valence-corrected chi connectivity index (χ3v) is 3.76. The second-order valence-corrected chi connectivity index (χ2v) is 5.60. The third-order valence-electron chi connectivity index (χ3n) is 3.76. The highest BCUT2D eigenvalue weighted by molar-refractivity contribution is 6.04. The summed E-state index contributed by atoms with van der Waals surface area (Å²) in [5, 5.41) is 10.8. The van der Waals surface area contributed by atoms with Crippen LogP contribution in [-0.2, 0) is 6.54 Å². The molecule has 0 bridgehead atoms. The van der Waals surface area contributed by atoms with Crippen molar-refractivity contribution in [3.63, 3.8) is 0 Å². The minimum atomic E-state index is -0.143. The smallest absolute Gasteiger partial charge is 0.272 e. The van der Waals surface area contributed by atoms with Crippen molar-refractivity contribution in [2.24, 2.45) is 0 Å². The topological polar surface area (TPSA) is 61.0 Å². The number of aromatic nitrogens is 2. The van der Waals surface area contributed by atoms with Crippen LogP contribution in [0, 0.1) is 0 Å². The lowest BCUT2D eigenvalue weighted by atomic mass is 10.2. The number of amides is 1. The number of carbonyl (C=O) groups is 1. The summed E-state index contributed by atoms with van der Waals surface area (Å²) >= 11 is 0. The Balaban J connectivity index is 1.51. The molecule has 0 aliphatic rings. The number of nitrogens with zero attached hydrogens (tertiary/aromatic N) is 2. The number of rotatable bonds is 6. The van der Waals surface area contributed by atoms with Gasteiger partial charge in [0, 0.05) is 25.0 Å². The van der Waals surface area contributed by atoms with Gasteiger partial charge in [-0.2, -0.15) is 5.10 Å². The highest BCUT2D eigenvalue weighted by atomic mass is 16.1. The monoisotopic (exact) mass is 308 g/mol. The second-order valence-electron chi connectivity index (χ2n) is 5.60. The maximum Gasteiger partial charge on any atom is 0.272 e. The van der Waals surface area contributed by atoms with Gasteiger partial charge in [-0.25, -0.2) is 0 Å². The number of para-hydroxylation sites is 1. The van der Waals surface area contributed by atoms with E-state index in [1.165, 1.54) is 5.56 Å². The molecule has 2 aromatic carbocycles. The van der Waals surface area contributed by atoms with Gasteiger partial charge in [0.2, 0.25) is 0 Å². The van der Waals surface area contributed by atoms with E-state index in [4.69, 9.17) is 0 Å². The van der Waals surface area contributed by atoms with Crippen LogP contribution in [0.3, 0.4) is 0 Å². The van der Waals surface area contributed by atoms with E-state index < -0.39 is 0 Å². The molecule has 23 heavy (non-hydrogen) atoms. The SMILES string of the molecule is CN(CCNC(=O)c1n[nH]c2ccccc12)Cc1ccccc1. The molecule has 3 rings (SSSR count). The highest BCUT2D eigenvalue weighted by Gasteiger charge is 2.13. The van der Waals surface area contributed by atoms with Gasteiger partial charge in [-0.05, 0) is 18.7 Å². The van der Waals surface area contributed by atoms with Gasteiger partial charge < -0.3 is 10.2 Å². The number of aromatic amines is 1. The first-order chi connectivity index (χ1) is 11.2. The summed E-state index contributed by atoms with van der Waals surface area (Å²) in [6.45, 7) is 2.23. The molecular weight excluding hydrogens is 288 g/mol. The first-order valence-electron chi connectivity index (χ1n) is 7.68. The molecule has 2 N–H and O–H groups in total. The molecule has 0 unspecified atom stereocenters. The van der Waals surface area contributed by atoms with E-state index in [2.05, 4.69) is 32.5 Å². The minimum absolute atomic E-state index is 0.143. The van der Waals surface area contributed by atoms with Gasteiger partial charge in [0.25, 0.3) is 5.91 Å². The summed E-state index contributed by atoms with van der Waals surface area (Å²) < 4.78 is 0. The summed E-state index contributed by atoms with van der Waals surface area (Å²) in [7, 11) is 2.04. The first kappa shape index (κ1) is 15.2. The van der Waals surface area contributed by atoms with Gasteiger partial charge in [0.05, 0.1) is 5.52 Å². The number of fused-ring (bicyclic) bond motifs is 1. The summed E-state index contributed by atoms with van der Waals surface area (Å²) in [6, 6.07) is 17.9. The predicted molar refractivity (Wildman–Crippen MR) is 91.2 cm³/mol. The summed E-state index contributed by atoms with van der Waals surface area (Å²) in [4.78, 5) is 14.4. The van der Waals surface area contributed by atoms with Crippen LogP contribution in [0.1, 0.15) is 16.1 Å². The van der Waals surface area contributed by atoms with Crippen molar-refractivity contribution < 1.29 is 4.79 Å². The Labute approximate surface area is 135 Å². The normalized spacial score (nSPS) is 11.0. The molecular formula is C18H20N4O. The molecule has 0 radical (unpaired) electrons. The lowest BCUT2D eigenvalue weighted by Gasteiger charge is -2.16. The second kappa shape index (κ2) is 7.07. The van der Waals surface area contributed by atoms with E-state index in [0.29, 0.717) is 12.2 Å². The van der Waals surface area contributed by atoms with Crippen molar-refractivity contribution in [3.05, 3.63) is 65.9 Å². The van der Waals surface area contributed by atoms with Crippen LogP contribution >= 0.6 is 0 Å². The van der Waals surface area contributed by atoms with Crippen LogP contribution in [0.25, 0.3) is 10.9 Å². The Morgan fingerprint density at radius 2 is 1.87 bits per heavy atom. The molecule has 118 valence electrons. The molecule has 1 heterocycles. The molecule has 1 aromatic heterocycles. The zero-order valence-electron chi connectivity index (χ0n) is 13.1. The van der Waals surface area contributed by atoms with Crippen LogP contribution in [0.4, 0.5) is 0 Å². The van der Waals surface area contributed by atoms with Crippen molar-refractivity contribution >= 4 is 16.8 Å². The predicted octanol–water partition coefficient (Wildman–Crippen LogP) is 2.42. The van der Waals surface area contributed by atoms with E-state index in [-0.39, 0.29) is 5.91 Å². The molecule has 5 nitrogen and oxygen atoms in total. The highest BCUT2D eigenvalue weighted by Crippen LogP contribution is 2.14. The van der Waals surface area contributed by atoms with Gasteiger partial charge in [-0.3, -0.25) is 9.89 Å². The molecule has 0 saturated heterocycles. The van der Waals surface area contributed by atoms with Gasteiger partial charge in [-0.1, -0.05) is 48.5 Å². The average molecular weight is 308 g/mol. The maximum absolute atomic E-state index is 12.2. The summed E-state index contributed by atoms with van der Waals surface area (Å²) in [5.41, 5.74) is 2.59. The summed E-state index contributed by atoms with van der Waals surface area (Å²) in [6.07, 6.45) is 0. The fourth-order valence-corrected chi connectivity index (χ4v) is 2.55. The molecule has 0 aliphatic heterocycles. The summed E-state index contributed by atoms with van der Waals surface area (Å²) in [5.74, 6) is -0.143. The van der Waals surface area contributed by atoms with Crippen LogP contribution in [0.5, 0.6) is 0 Å². The fraction of sp³-hybridized carbons (Fsp3) is 0.222. The Hall–Kier alpha value is -2.66. The average Bonchev–Trinajstić information content (AvgIpc) is 3.00. The van der Waals surface area contributed by atoms with Gasteiger partial charge in [0.15, 0.2) is 5.69 Å². The van der Waals surface area contributed by atoms with E-state index in [9.17, 15) is 4.79 Å². The minimum Gasteiger partial charge on any atom is -0.349 e. The zero-order valence-corrected chi connectivity index (χ0v) is 13.1. The standard InChI is InChI=1S/C18H20N4O/c1-22(13-14-7-3-2-4-8-14)12-11-19-18(23)17-15-9-5-6-10-16(15)20-21-17/h2-10H,11-13H2,1H3,(H,19,23)(H,20,21). The molecule has 1 amide bonds. The number of H-pyrrole nitrogens is 1. The number of benzene rings is 2. The fourth-order valence-electron chi connectivity index (χ4n) is 2.55. The van der Waals surface area contributed by atoms with E-state index in [0.717, 1.165) is 24.0 Å². The van der Waals surface area contributed by atoms with E-state index >= 15 is 0 Å². The Morgan fingerprint density at radius 1 is 1.13 bits per heavy atom. The number of hydrogen-bond donors (Lipinski definition) is 2. The molecule has 0 spiro atoms. The van der Waals surface area contributed by atoms with Crippen molar-refractivity contribution in [2.75, 3.05) is 20.1 Å². The van der Waals surface area contributed by atoms with Crippen LogP contribution in [0.2, 0.25) is 0 Å². The lowest BCUT2D eigenvalue weighted by molar-refractivity contribution is 0.0946. The lowest BCUT2D eigenvalue weighted by Crippen LogP contribution is -2.33. The number of nitrogens with one attached hydrogen (secondary N) is 2. The van der Waals surface area contributed by atoms with Crippen LogP contribution in [-0.4, -0.2) is 41.1 Å². The molecule has 0 aliphatic carbocycles. The maximum atomic E-state index is 12.2. The molecule has 0 saturated carbocycles. The third kappa shape index (κ3) is 3.76. The van der Waals surface area contributed by atoms with Crippen molar-refractivity contribution in [2.45, 2.75) is 6.54 Å². The van der Waals surface area contributed by atoms with Gasteiger partial charge in [-0.15, -0.1) is 0 Å². The molecule has 0 atom stereocenters. The largest absolute Gasteiger partial charge is 0.349 e. The van der Waals surface area contributed by atoms with Gasteiger partial charge in [0.1, 0.15) is 0 Å². The Morgan fingerprint density at radius 3 is 2.70 bits per heavy atom. The van der Waals surface area contributed by atoms with Gasteiger partial charge >= 0.3 is 0 Å².